The van der Waals surface area contributed by atoms with Crippen molar-refractivity contribution in [3.8, 4) is 0 Å². The molecule has 0 saturated heterocycles. The summed E-state index contributed by atoms with van der Waals surface area (Å²) in [7, 11) is -1.88. The minimum atomic E-state index is -3.22. The topological polar surface area (TPSA) is 75.3 Å². The zero-order valence-electron chi connectivity index (χ0n) is 7.50. The molecule has 0 aliphatic rings. The van der Waals surface area contributed by atoms with Crippen molar-refractivity contribution in [2.45, 2.75) is 11.8 Å². The van der Waals surface area contributed by atoms with Gasteiger partial charge in [-0.1, -0.05) is 15.9 Å². The number of halogens is 1. The number of hydrogen-bond acceptors (Lipinski definition) is 3. The lowest BCUT2D eigenvalue weighted by atomic mass is 10.4. The van der Waals surface area contributed by atoms with Crippen molar-refractivity contribution < 1.29 is 13.2 Å². The van der Waals surface area contributed by atoms with Crippen LogP contribution < -0.4 is 10.0 Å². The van der Waals surface area contributed by atoms with Gasteiger partial charge in [0.2, 0.25) is 15.9 Å². The average molecular weight is 273 g/mol. The molecule has 1 amide bonds. The van der Waals surface area contributed by atoms with Gasteiger partial charge in [0.15, 0.2) is 0 Å². The van der Waals surface area contributed by atoms with Crippen molar-refractivity contribution in [2.24, 2.45) is 0 Å². The molecule has 0 aromatic rings. The minimum absolute atomic E-state index is 0.102. The number of nitrogens with one attached hydrogen (secondary N) is 2. The van der Waals surface area contributed by atoms with Crippen molar-refractivity contribution >= 4 is 31.9 Å². The number of carbonyl (C=O) groups is 1. The summed E-state index contributed by atoms with van der Waals surface area (Å²) >= 11 is 3.06. The molecule has 1 atom stereocenters. The van der Waals surface area contributed by atoms with Crippen LogP contribution in [0.4, 0.5) is 0 Å². The molecule has 0 rings (SSSR count). The summed E-state index contributed by atoms with van der Waals surface area (Å²) in [5.74, 6) is -0.319. The highest BCUT2D eigenvalue weighted by molar-refractivity contribution is 9.10. The average Bonchev–Trinajstić information content (AvgIpc) is 2.04. The standard InChI is InChI=1S/C6H13BrN2O3S/c1-5(7)6(10)9-3-4-13(11,12)8-2/h5,8H,3-4H2,1-2H3,(H,9,10). The van der Waals surface area contributed by atoms with Gasteiger partial charge in [-0.05, 0) is 14.0 Å². The molecule has 1 unspecified atom stereocenters. The van der Waals surface area contributed by atoms with Gasteiger partial charge in [-0.3, -0.25) is 4.79 Å². The van der Waals surface area contributed by atoms with Crippen LogP contribution in [0.3, 0.4) is 0 Å². The molecule has 0 spiro atoms. The lowest BCUT2D eigenvalue weighted by Gasteiger charge is -2.06. The third kappa shape index (κ3) is 6.00. The lowest BCUT2D eigenvalue weighted by molar-refractivity contribution is -0.120. The van der Waals surface area contributed by atoms with Gasteiger partial charge in [-0.15, -0.1) is 0 Å². The fourth-order valence-corrected chi connectivity index (χ4v) is 1.29. The Morgan fingerprint density at radius 3 is 2.46 bits per heavy atom. The van der Waals surface area contributed by atoms with Crippen molar-refractivity contribution in [1.82, 2.24) is 10.0 Å². The Labute approximate surface area is 86.5 Å². The van der Waals surface area contributed by atoms with Gasteiger partial charge in [0.05, 0.1) is 10.6 Å². The summed E-state index contributed by atoms with van der Waals surface area (Å²) < 4.78 is 23.9. The molecule has 0 fully saturated rings. The number of carbonyl (C=O) groups excluding carboxylic acids is 1. The maximum absolute atomic E-state index is 10.9. The van der Waals surface area contributed by atoms with Gasteiger partial charge in [0.25, 0.3) is 0 Å². The first-order valence-electron chi connectivity index (χ1n) is 3.72. The van der Waals surface area contributed by atoms with E-state index in [9.17, 15) is 13.2 Å². The number of amides is 1. The molecule has 0 aliphatic heterocycles. The number of hydrogen-bond donors (Lipinski definition) is 2. The molecule has 13 heavy (non-hydrogen) atoms. The Bertz CT molecular complexity index is 263. The van der Waals surface area contributed by atoms with E-state index in [2.05, 4.69) is 26.0 Å². The van der Waals surface area contributed by atoms with E-state index in [1.165, 1.54) is 7.05 Å². The van der Waals surface area contributed by atoms with E-state index in [0.29, 0.717) is 0 Å². The smallest absolute Gasteiger partial charge is 0.233 e. The van der Waals surface area contributed by atoms with Gasteiger partial charge < -0.3 is 5.32 Å². The number of sulfonamides is 1. The molecule has 0 saturated carbocycles. The number of rotatable bonds is 5. The minimum Gasteiger partial charge on any atom is -0.354 e. The van der Waals surface area contributed by atoms with Crippen molar-refractivity contribution in [1.29, 1.82) is 0 Å². The van der Waals surface area contributed by atoms with E-state index in [1.54, 1.807) is 6.92 Å². The van der Waals surface area contributed by atoms with E-state index in [1.807, 2.05) is 0 Å². The van der Waals surface area contributed by atoms with Crippen LogP contribution in [0.1, 0.15) is 6.92 Å². The van der Waals surface area contributed by atoms with Crippen LogP contribution in [0.15, 0.2) is 0 Å². The molecule has 7 heteroatoms. The fourth-order valence-electron chi connectivity index (χ4n) is 0.551. The van der Waals surface area contributed by atoms with Gasteiger partial charge >= 0.3 is 0 Å². The Morgan fingerprint density at radius 2 is 2.08 bits per heavy atom. The number of alkyl halides is 1. The van der Waals surface area contributed by atoms with Crippen LogP contribution in [-0.4, -0.2) is 38.5 Å². The molecular formula is C6H13BrN2O3S. The highest BCUT2D eigenvalue weighted by atomic mass is 79.9. The van der Waals surface area contributed by atoms with Crippen LogP contribution in [0.25, 0.3) is 0 Å². The van der Waals surface area contributed by atoms with Crippen molar-refractivity contribution in [2.75, 3.05) is 19.3 Å². The first kappa shape index (κ1) is 12.9. The Kier molecular flexibility index (Phi) is 5.50. The lowest BCUT2D eigenvalue weighted by Crippen LogP contribution is -2.35. The summed E-state index contributed by atoms with van der Waals surface area (Å²) in [5.41, 5.74) is 0. The van der Waals surface area contributed by atoms with Crippen LogP contribution in [0, 0.1) is 0 Å². The van der Waals surface area contributed by atoms with E-state index in [-0.39, 0.29) is 23.0 Å². The molecule has 5 nitrogen and oxygen atoms in total. The molecule has 0 aromatic heterocycles. The van der Waals surface area contributed by atoms with Gasteiger partial charge in [0, 0.05) is 6.54 Å². The third-order valence-corrected chi connectivity index (χ3v) is 3.12. The zero-order valence-corrected chi connectivity index (χ0v) is 9.91. The largest absolute Gasteiger partial charge is 0.354 e. The second-order valence-corrected chi connectivity index (χ2v) is 5.85. The second kappa shape index (κ2) is 5.56. The van der Waals surface area contributed by atoms with Crippen molar-refractivity contribution in [3.05, 3.63) is 0 Å². The van der Waals surface area contributed by atoms with Crippen molar-refractivity contribution in [3.63, 3.8) is 0 Å². The first-order valence-corrected chi connectivity index (χ1v) is 6.29. The molecule has 0 aliphatic carbocycles. The van der Waals surface area contributed by atoms with Gasteiger partial charge in [-0.25, -0.2) is 13.1 Å². The zero-order chi connectivity index (χ0) is 10.5. The Balaban J connectivity index is 3.76. The normalized spacial score (nSPS) is 13.8. The van der Waals surface area contributed by atoms with E-state index in [0.717, 1.165) is 0 Å². The van der Waals surface area contributed by atoms with Crippen LogP contribution >= 0.6 is 15.9 Å². The summed E-state index contributed by atoms with van der Waals surface area (Å²) in [4.78, 5) is 10.6. The van der Waals surface area contributed by atoms with E-state index in [4.69, 9.17) is 0 Å². The molecule has 0 bridgehead atoms. The maximum Gasteiger partial charge on any atom is 0.233 e. The monoisotopic (exact) mass is 272 g/mol. The molecule has 2 N–H and O–H groups in total. The Hall–Kier alpha value is -0.140. The predicted molar refractivity (Wildman–Crippen MR) is 54.2 cm³/mol. The second-order valence-electron chi connectivity index (χ2n) is 2.43. The maximum atomic E-state index is 10.9. The highest BCUT2D eigenvalue weighted by Crippen LogP contribution is 1.95. The predicted octanol–water partition coefficient (Wildman–Crippen LogP) is -0.565. The van der Waals surface area contributed by atoms with E-state index < -0.39 is 10.0 Å². The summed E-state index contributed by atoms with van der Waals surface area (Å²) in [5, 5.41) is 2.47. The van der Waals surface area contributed by atoms with Crippen LogP contribution in [0.2, 0.25) is 0 Å². The summed E-state index contributed by atoms with van der Waals surface area (Å²) in [6.45, 7) is 1.79. The van der Waals surface area contributed by atoms with Gasteiger partial charge in [0.1, 0.15) is 0 Å². The highest BCUT2D eigenvalue weighted by Gasteiger charge is 2.10. The molecule has 0 aromatic carbocycles. The quantitative estimate of drug-likeness (QED) is 0.659. The van der Waals surface area contributed by atoms with Gasteiger partial charge in [-0.2, -0.15) is 0 Å². The molecular weight excluding hydrogens is 260 g/mol. The fraction of sp³-hybridized carbons (Fsp3) is 0.833. The third-order valence-electron chi connectivity index (χ3n) is 1.34. The van der Waals surface area contributed by atoms with Crippen LogP contribution in [-0.2, 0) is 14.8 Å². The first-order chi connectivity index (χ1) is 5.89. The summed E-state index contributed by atoms with van der Waals surface area (Å²) in [6.07, 6.45) is 0. The Morgan fingerprint density at radius 1 is 1.54 bits per heavy atom. The van der Waals surface area contributed by atoms with Crippen LogP contribution in [0.5, 0.6) is 0 Å². The summed E-state index contributed by atoms with van der Waals surface area (Å²) in [6, 6.07) is 0. The van der Waals surface area contributed by atoms with E-state index >= 15 is 0 Å². The SMILES string of the molecule is CNS(=O)(=O)CCNC(=O)C(C)Br. The molecule has 78 valence electrons. The molecule has 0 radical (unpaired) electrons. The molecule has 0 heterocycles.